The molecule has 210 valence electrons. The molecule has 40 heavy (non-hydrogen) atoms. The van der Waals surface area contributed by atoms with Gasteiger partial charge in [-0.1, -0.05) is 36.4 Å². The van der Waals surface area contributed by atoms with Crippen molar-refractivity contribution in [2.75, 3.05) is 10.6 Å². The van der Waals surface area contributed by atoms with Gasteiger partial charge in [-0.3, -0.25) is 9.11 Å². The minimum atomic E-state index is -4.89. The van der Waals surface area contributed by atoms with Gasteiger partial charge < -0.3 is 10.6 Å². The first-order valence-electron chi connectivity index (χ1n) is 10.5. The lowest BCUT2D eigenvalue weighted by atomic mass is 9.95. The second-order valence-electron chi connectivity index (χ2n) is 7.83. The van der Waals surface area contributed by atoms with Crippen molar-refractivity contribution in [1.29, 1.82) is 0 Å². The summed E-state index contributed by atoms with van der Waals surface area (Å²) in [5, 5.41) is 4.53. The second-order valence-corrected chi connectivity index (χ2v) is 12.0. The van der Waals surface area contributed by atoms with Crippen LogP contribution in [0.1, 0.15) is 12.0 Å². The van der Waals surface area contributed by atoms with Crippen LogP contribution >= 0.6 is 46.4 Å². The molecule has 0 atom stereocenters. The fourth-order valence-electron chi connectivity index (χ4n) is 3.53. The quantitative estimate of drug-likeness (QED) is 0.198. The molecule has 0 aliphatic heterocycles. The number of nitrogens with one attached hydrogen (secondary N) is 2. The molecule has 3 aromatic rings. The average Bonchev–Trinajstić information content (AvgIpc) is 2.81. The topological polar surface area (TPSA) is 210 Å². The van der Waals surface area contributed by atoms with Crippen molar-refractivity contribution in [2.45, 2.75) is 17.0 Å². The molecule has 4 N–H and O–H groups in total. The van der Waals surface area contributed by atoms with E-state index in [4.69, 9.17) is 46.4 Å². The molecule has 0 amide bonds. The maximum atomic E-state index is 12.5. The van der Waals surface area contributed by atoms with E-state index in [-0.39, 0.29) is 44.2 Å². The summed E-state index contributed by atoms with van der Waals surface area (Å²) in [6, 6.07) is 5.46. The van der Waals surface area contributed by atoms with Gasteiger partial charge in [0.1, 0.15) is 10.6 Å². The molecule has 0 saturated carbocycles. The highest BCUT2D eigenvalue weighted by Gasteiger charge is 2.38. The minimum Gasteiger partial charge on any atom is -0.328 e. The largest absolute Gasteiger partial charge is 0.328 e. The van der Waals surface area contributed by atoms with Crippen molar-refractivity contribution in [1.82, 2.24) is 29.9 Å². The van der Waals surface area contributed by atoms with Crippen LogP contribution in [0.2, 0.25) is 21.1 Å². The zero-order chi connectivity index (χ0) is 29.3. The summed E-state index contributed by atoms with van der Waals surface area (Å²) in [7, 11) is -9.47. The third-order valence-corrected chi connectivity index (χ3v) is 7.70. The third kappa shape index (κ3) is 7.41. The van der Waals surface area contributed by atoms with E-state index in [1.165, 1.54) is 48.6 Å². The van der Waals surface area contributed by atoms with Crippen LogP contribution in [0.25, 0.3) is 6.08 Å². The fraction of sp³-hybridized carbons (Fsp3) is 0.100. The fourth-order valence-corrected chi connectivity index (χ4v) is 5.78. The van der Waals surface area contributed by atoms with E-state index in [2.05, 4.69) is 40.5 Å². The first-order chi connectivity index (χ1) is 18.6. The number of hydrogen-bond acceptors (Lipinski definition) is 12. The average molecular weight is 668 g/mol. The molecule has 0 radical (unpaired) electrons. The predicted molar refractivity (Wildman–Crippen MR) is 147 cm³/mol. The Labute approximate surface area is 246 Å². The van der Waals surface area contributed by atoms with Crippen LogP contribution in [0.4, 0.5) is 11.9 Å². The molecule has 0 fully saturated rings. The SMILES string of the molecule is O=S(=O)(O)C1=C(C=Cc2ccccc2S(=O)(=O)O)C=CC(Nc2nc(Cl)nc(Cl)n2)(Nc2nc(Cl)nc(Cl)n2)C1. The summed E-state index contributed by atoms with van der Waals surface area (Å²) < 4.78 is 68.1. The molecule has 1 aliphatic rings. The summed E-state index contributed by atoms with van der Waals surface area (Å²) >= 11 is 23.5. The molecule has 14 nitrogen and oxygen atoms in total. The standard InChI is InChI=1S/C20H14Cl4N8O6S2/c21-14-25-15(22)28-18(27-14)31-20(32-19-29-16(23)26-17(24)30-19)8-7-11(13(9-20)40(36,37)38)6-5-10-3-1-2-4-12(10)39(33,34)35/h1-8H,9H2,(H,33,34,35)(H,36,37,38)(H,25,27,28,31)(H,26,29,30,32). The van der Waals surface area contributed by atoms with E-state index in [1.807, 2.05) is 0 Å². The van der Waals surface area contributed by atoms with E-state index in [1.54, 1.807) is 0 Å². The van der Waals surface area contributed by atoms with Gasteiger partial charge >= 0.3 is 0 Å². The molecule has 20 heteroatoms. The highest BCUT2D eigenvalue weighted by atomic mass is 35.5. The van der Waals surface area contributed by atoms with Gasteiger partial charge in [0.2, 0.25) is 33.0 Å². The summed E-state index contributed by atoms with van der Waals surface area (Å²) in [6.07, 6.45) is 4.64. The predicted octanol–water partition coefficient (Wildman–Crippen LogP) is 3.95. The van der Waals surface area contributed by atoms with Crippen LogP contribution in [0.15, 0.2) is 57.9 Å². The van der Waals surface area contributed by atoms with Gasteiger partial charge in [-0.15, -0.1) is 0 Å². The summed E-state index contributed by atoms with van der Waals surface area (Å²) in [4.78, 5) is 22.0. The first-order valence-corrected chi connectivity index (χ1v) is 14.9. The van der Waals surface area contributed by atoms with Gasteiger partial charge in [0.15, 0.2) is 0 Å². The smallest absolute Gasteiger partial charge is 0.295 e. The molecule has 0 unspecified atom stereocenters. The Morgan fingerprint density at radius 3 is 1.73 bits per heavy atom. The highest BCUT2D eigenvalue weighted by molar-refractivity contribution is 7.89. The molecule has 1 aromatic carbocycles. The molecule has 1 aliphatic carbocycles. The normalized spacial score (nSPS) is 15.4. The number of benzene rings is 1. The number of halogens is 4. The van der Waals surface area contributed by atoms with Gasteiger partial charge in [0, 0.05) is 6.42 Å². The van der Waals surface area contributed by atoms with Crippen molar-refractivity contribution < 1.29 is 25.9 Å². The molecular formula is C20H14Cl4N8O6S2. The summed E-state index contributed by atoms with van der Waals surface area (Å²) in [5.74, 6) is -0.409. The molecule has 2 heterocycles. The summed E-state index contributed by atoms with van der Waals surface area (Å²) in [6.45, 7) is 0. The van der Waals surface area contributed by atoms with Crippen molar-refractivity contribution >= 4 is 84.6 Å². The molecule has 0 saturated heterocycles. The van der Waals surface area contributed by atoms with E-state index in [0.29, 0.717) is 0 Å². The Balaban J connectivity index is 1.81. The van der Waals surface area contributed by atoms with E-state index >= 15 is 0 Å². The zero-order valence-electron chi connectivity index (χ0n) is 19.4. The number of anilines is 2. The molecule has 2 aromatic heterocycles. The van der Waals surface area contributed by atoms with E-state index < -0.39 is 42.1 Å². The number of rotatable bonds is 8. The van der Waals surface area contributed by atoms with Gasteiger partial charge in [0.05, 0.1) is 4.91 Å². The number of aromatic nitrogens is 6. The third-order valence-electron chi connectivity index (χ3n) is 5.09. The van der Waals surface area contributed by atoms with Crippen molar-refractivity contribution in [3.63, 3.8) is 0 Å². The molecular weight excluding hydrogens is 654 g/mol. The van der Waals surface area contributed by atoms with Crippen LogP contribution in [0, 0.1) is 0 Å². The Hall–Kier alpha value is -2.96. The monoisotopic (exact) mass is 666 g/mol. The Morgan fingerprint density at radius 1 is 0.750 bits per heavy atom. The lowest BCUT2D eigenvalue weighted by molar-refractivity contribution is 0.481. The molecule has 0 bridgehead atoms. The van der Waals surface area contributed by atoms with E-state index in [0.717, 1.165) is 0 Å². The lowest BCUT2D eigenvalue weighted by Gasteiger charge is -2.35. The highest BCUT2D eigenvalue weighted by Crippen LogP contribution is 2.34. The van der Waals surface area contributed by atoms with Crippen molar-refractivity contribution in [3.05, 3.63) is 79.7 Å². The van der Waals surface area contributed by atoms with Crippen LogP contribution < -0.4 is 10.6 Å². The van der Waals surface area contributed by atoms with Crippen molar-refractivity contribution in [3.8, 4) is 0 Å². The van der Waals surface area contributed by atoms with Gasteiger partial charge in [0.25, 0.3) is 20.2 Å². The van der Waals surface area contributed by atoms with Crippen LogP contribution in [-0.4, -0.2) is 61.5 Å². The number of allylic oxidation sites excluding steroid dienone is 3. The molecule has 0 spiro atoms. The Kier molecular flexibility index (Phi) is 8.63. The van der Waals surface area contributed by atoms with Crippen LogP contribution in [-0.2, 0) is 20.2 Å². The minimum absolute atomic E-state index is 0.0368. The number of hydrogen-bond donors (Lipinski definition) is 4. The lowest BCUT2D eigenvalue weighted by Crippen LogP contribution is -2.47. The van der Waals surface area contributed by atoms with Gasteiger partial charge in [-0.05, 0) is 69.7 Å². The Morgan fingerprint density at radius 2 is 1.25 bits per heavy atom. The van der Waals surface area contributed by atoms with E-state index in [9.17, 15) is 25.9 Å². The Bertz CT molecular complexity index is 1710. The number of nitrogens with zero attached hydrogens (tertiary/aromatic N) is 6. The first kappa shape index (κ1) is 30.0. The maximum absolute atomic E-state index is 12.5. The van der Waals surface area contributed by atoms with Crippen LogP contribution in [0.5, 0.6) is 0 Å². The molecule has 4 rings (SSSR count). The van der Waals surface area contributed by atoms with Gasteiger partial charge in [-0.2, -0.15) is 46.7 Å². The summed E-state index contributed by atoms with van der Waals surface area (Å²) in [5.41, 5.74) is -1.67. The van der Waals surface area contributed by atoms with Crippen molar-refractivity contribution in [2.24, 2.45) is 0 Å². The second kappa shape index (κ2) is 11.5. The van der Waals surface area contributed by atoms with Gasteiger partial charge in [-0.25, -0.2) is 0 Å². The zero-order valence-corrected chi connectivity index (χ0v) is 24.0. The maximum Gasteiger partial charge on any atom is 0.295 e. The van der Waals surface area contributed by atoms with Crippen LogP contribution in [0.3, 0.4) is 0 Å².